The van der Waals surface area contributed by atoms with E-state index in [-0.39, 0.29) is 6.04 Å². The Kier molecular flexibility index (Phi) is 4.96. The molecule has 106 valence electrons. The molecule has 0 bridgehead atoms. The first-order chi connectivity index (χ1) is 9.12. The van der Waals surface area contributed by atoms with Crippen LogP contribution in [0, 0.1) is 0 Å². The summed E-state index contributed by atoms with van der Waals surface area (Å²) in [6.07, 6.45) is 2.94. The molecule has 0 aromatic heterocycles. The van der Waals surface area contributed by atoms with Gasteiger partial charge in [0.1, 0.15) is 0 Å². The van der Waals surface area contributed by atoms with Crippen molar-refractivity contribution < 1.29 is 8.42 Å². The van der Waals surface area contributed by atoms with Gasteiger partial charge in [0.15, 0.2) is 0 Å². The summed E-state index contributed by atoms with van der Waals surface area (Å²) in [6.45, 7) is 5.24. The molecule has 0 unspecified atom stereocenters. The van der Waals surface area contributed by atoms with Gasteiger partial charge >= 0.3 is 0 Å². The zero-order valence-corrected chi connectivity index (χ0v) is 12.2. The van der Waals surface area contributed by atoms with Crippen LogP contribution >= 0.6 is 0 Å². The fraction of sp³-hybridized carbons (Fsp3) is 0.571. The Morgan fingerprint density at radius 3 is 2.42 bits per heavy atom. The third kappa shape index (κ3) is 4.03. The molecule has 0 atom stereocenters. The SMILES string of the molecule is CCCN1CCC(NS(=O)(=O)c2ccccc2)CC1. The number of nitrogens with zero attached hydrogens (tertiary/aromatic N) is 1. The highest BCUT2D eigenvalue weighted by molar-refractivity contribution is 7.89. The Morgan fingerprint density at radius 2 is 1.84 bits per heavy atom. The van der Waals surface area contributed by atoms with Crippen LogP contribution in [0.5, 0.6) is 0 Å². The predicted octanol–water partition coefficient (Wildman–Crippen LogP) is 1.84. The normalized spacial score (nSPS) is 18.6. The van der Waals surface area contributed by atoms with Crippen LogP contribution in [0.2, 0.25) is 0 Å². The summed E-state index contributed by atoms with van der Waals surface area (Å²) in [7, 11) is -3.36. The quantitative estimate of drug-likeness (QED) is 0.896. The molecule has 1 aliphatic heterocycles. The summed E-state index contributed by atoms with van der Waals surface area (Å²) in [5.74, 6) is 0. The maximum absolute atomic E-state index is 12.2. The van der Waals surface area contributed by atoms with Gasteiger partial charge in [0, 0.05) is 6.04 Å². The van der Waals surface area contributed by atoms with Gasteiger partial charge in [0.05, 0.1) is 4.90 Å². The Labute approximate surface area is 115 Å². The minimum Gasteiger partial charge on any atom is -0.303 e. The smallest absolute Gasteiger partial charge is 0.240 e. The molecule has 1 aromatic carbocycles. The topological polar surface area (TPSA) is 49.4 Å². The van der Waals surface area contributed by atoms with E-state index in [0.29, 0.717) is 4.90 Å². The fourth-order valence-corrected chi connectivity index (χ4v) is 3.80. The van der Waals surface area contributed by atoms with E-state index in [9.17, 15) is 8.42 Å². The molecule has 5 heteroatoms. The van der Waals surface area contributed by atoms with Crippen LogP contribution in [0.4, 0.5) is 0 Å². The molecule has 0 aliphatic carbocycles. The van der Waals surface area contributed by atoms with Crippen LogP contribution in [0.25, 0.3) is 0 Å². The highest BCUT2D eigenvalue weighted by atomic mass is 32.2. The summed E-state index contributed by atoms with van der Waals surface area (Å²) in [5, 5.41) is 0. The summed E-state index contributed by atoms with van der Waals surface area (Å²) in [5.41, 5.74) is 0. The molecule has 0 amide bonds. The Hall–Kier alpha value is -0.910. The minimum atomic E-state index is -3.36. The van der Waals surface area contributed by atoms with Gasteiger partial charge in [-0.15, -0.1) is 0 Å². The van der Waals surface area contributed by atoms with E-state index in [2.05, 4.69) is 16.5 Å². The van der Waals surface area contributed by atoms with Crippen molar-refractivity contribution in [1.29, 1.82) is 0 Å². The monoisotopic (exact) mass is 282 g/mol. The maximum Gasteiger partial charge on any atom is 0.240 e. The minimum absolute atomic E-state index is 0.0679. The molecule has 1 aromatic rings. The van der Waals surface area contributed by atoms with E-state index in [0.717, 1.165) is 38.9 Å². The molecule has 0 spiro atoms. The van der Waals surface area contributed by atoms with Crippen molar-refractivity contribution in [2.45, 2.75) is 37.1 Å². The van der Waals surface area contributed by atoms with E-state index < -0.39 is 10.0 Å². The fourth-order valence-electron chi connectivity index (χ4n) is 2.48. The molecule has 0 saturated carbocycles. The van der Waals surface area contributed by atoms with E-state index >= 15 is 0 Å². The average molecular weight is 282 g/mol. The molecule has 1 N–H and O–H groups in total. The largest absolute Gasteiger partial charge is 0.303 e. The molecule has 2 rings (SSSR count). The van der Waals surface area contributed by atoms with Crippen molar-refractivity contribution in [3.63, 3.8) is 0 Å². The Balaban J connectivity index is 1.92. The molecule has 4 nitrogen and oxygen atoms in total. The molecule has 19 heavy (non-hydrogen) atoms. The van der Waals surface area contributed by atoms with E-state index in [1.807, 2.05) is 6.07 Å². The molecule has 1 saturated heterocycles. The molecular formula is C14H22N2O2S. The van der Waals surface area contributed by atoms with Crippen LogP contribution in [-0.2, 0) is 10.0 Å². The van der Waals surface area contributed by atoms with Gasteiger partial charge < -0.3 is 4.90 Å². The van der Waals surface area contributed by atoms with Crippen molar-refractivity contribution in [3.05, 3.63) is 30.3 Å². The van der Waals surface area contributed by atoms with Crippen molar-refractivity contribution in [3.8, 4) is 0 Å². The molecule has 1 aliphatic rings. The van der Waals surface area contributed by atoms with E-state index in [1.54, 1.807) is 24.3 Å². The van der Waals surface area contributed by atoms with E-state index in [1.165, 1.54) is 0 Å². The van der Waals surface area contributed by atoms with Crippen LogP contribution in [-0.4, -0.2) is 39.0 Å². The van der Waals surface area contributed by atoms with Crippen LogP contribution < -0.4 is 4.72 Å². The zero-order chi connectivity index (χ0) is 13.7. The van der Waals surface area contributed by atoms with Gasteiger partial charge in [0.25, 0.3) is 0 Å². The lowest BCUT2D eigenvalue weighted by Gasteiger charge is -2.31. The number of sulfonamides is 1. The highest BCUT2D eigenvalue weighted by Crippen LogP contribution is 2.14. The van der Waals surface area contributed by atoms with Gasteiger partial charge in [-0.3, -0.25) is 0 Å². The lowest BCUT2D eigenvalue weighted by Crippen LogP contribution is -2.44. The van der Waals surface area contributed by atoms with Crippen LogP contribution in [0.1, 0.15) is 26.2 Å². The number of likely N-dealkylation sites (tertiary alicyclic amines) is 1. The first-order valence-electron chi connectivity index (χ1n) is 6.91. The van der Waals surface area contributed by atoms with Gasteiger partial charge in [-0.25, -0.2) is 13.1 Å². The van der Waals surface area contributed by atoms with Crippen LogP contribution in [0.15, 0.2) is 35.2 Å². The number of benzene rings is 1. The maximum atomic E-state index is 12.2. The average Bonchev–Trinajstić information content (AvgIpc) is 2.42. The van der Waals surface area contributed by atoms with Gasteiger partial charge in [-0.05, 0) is 51.0 Å². The van der Waals surface area contributed by atoms with Gasteiger partial charge in [-0.2, -0.15) is 0 Å². The van der Waals surface area contributed by atoms with Crippen molar-refractivity contribution in [2.75, 3.05) is 19.6 Å². The first-order valence-corrected chi connectivity index (χ1v) is 8.40. The summed E-state index contributed by atoms with van der Waals surface area (Å²) >= 11 is 0. The second-order valence-corrected chi connectivity index (χ2v) is 6.76. The molecule has 1 fully saturated rings. The van der Waals surface area contributed by atoms with Crippen molar-refractivity contribution >= 4 is 10.0 Å². The number of piperidine rings is 1. The van der Waals surface area contributed by atoms with E-state index in [4.69, 9.17) is 0 Å². The standard InChI is InChI=1S/C14H22N2O2S/c1-2-10-16-11-8-13(9-12-16)15-19(17,18)14-6-4-3-5-7-14/h3-7,13,15H,2,8-12H2,1H3. The molecule has 1 heterocycles. The Morgan fingerprint density at radius 1 is 1.21 bits per heavy atom. The van der Waals surface area contributed by atoms with Crippen molar-refractivity contribution in [1.82, 2.24) is 9.62 Å². The second-order valence-electron chi connectivity index (χ2n) is 5.05. The molecule has 0 radical (unpaired) electrons. The number of hydrogen-bond acceptors (Lipinski definition) is 3. The lowest BCUT2D eigenvalue weighted by molar-refractivity contribution is 0.208. The lowest BCUT2D eigenvalue weighted by atomic mass is 10.1. The number of hydrogen-bond donors (Lipinski definition) is 1. The van der Waals surface area contributed by atoms with Crippen molar-refractivity contribution in [2.24, 2.45) is 0 Å². The predicted molar refractivity (Wildman–Crippen MR) is 76.5 cm³/mol. The molecular weight excluding hydrogens is 260 g/mol. The van der Waals surface area contributed by atoms with Crippen LogP contribution in [0.3, 0.4) is 0 Å². The first kappa shape index (κ1) is 14.5. The highest BCUT2D eigenvalue weighted by Gasteiger charge is 2.23. The van der Waals surface area contributed by atoms with Gasteiger partial charge in [0.2, 0.25) is 10.0 Å². The summed E-state index contributed by atoms with van der Waals surface area (Å²) in [4.78, 5) is 2.75. The summed E-state index contributed by atoms with van der Waals surface area (Å²) < 4.78 is 27.2. The number of rotatable bonds is 5. The third-order valence-corrected chi connectivity index (χ3v) is 5.04. The zero-order valence-electron chi connectivity index (χ0n) is 11.4. The second kappa shape index (κ2) is 6.50. The third-order valence-electron chi connectivity index (χ3n) is 3.50. The number of nitrogens with one attached hydrogen (secondary N) is 1. The summed E-state index contributed by atoms with van der Waals surface area (Å²) in [6, 6.07) is 8.65. The van der Waals surface area contributed by atoms with Gasteiger partial charge in [-0.1, -0.05) is 25.1 Å². The Bertz CT molecular complexity index is 479.